The zero-order valence-electron chi connectivity index (χ0n) is 15.3. The molecule has 1 fully saturated rings. The maximum absolute atomic E-state index is 13.1. The number of nitrogens with zero attached hydrogens (tertiary/aromatic N) is 4. The molecule has 0 atom stereocenters. The van der Waals surface area contributed by atoms with Gasteiger partial charge in [0.1, 0.15) is 0 Å². The molecule has 0 bridgehead atoms. The highest BCUT2D eigenvalue weighted by Gasteiger charge is 2.32. The molecule has 0 radical (unpaired) electrons. The second-order valence-electron chi connectivity index (χ2n) is 7.15. The number of rotatable bonds is 6. The molecule has 0 spiro atoms. The van der Waals surface area contributed by atoms with E-state index in [1.807, 2.05) is 6.07 Å². The van der Waals surface area contributed by atoms with E-state index in [-0.39, 0.29) is 12.5 Å². The van der Waals surface area contributed by atoms with Gasteiger partial charge in [0.2, 0.25) is 15.9 Å². The molecule has 1 aromatic heterocycles. The number of aromatic nitrogens is 3. The Balaban J connectivity index is 1.50. The normalized spacial score (nSPS) is 17.5. The van der Waals surface area contributed by atoms with Crippen LogP contribution in [0.5, 0.6) is 0 Å². The fourth-order valence-electron chi connectivity index (χ4n) is 3.32. The summed E-state index contributed by atoms with van der Waals surface area (Å²) >= 11 is 0. The zero-order valence-corrected chi connectivity index (χ0v) is 16.1. The lowest BCUT2D eigenvalue weighted by atomic mass is 10.1. The number of hydrogen-bond donors (Lipinski definition) is 1. The number of amides is 1. The van der Waals surface area contributed by atoms with Crippen molar-refractivity contribution in [1.29, 1.82) is 0 Å². The molecule has 0 unspecified atom stereocenters. The molecule has 1 N–H and O–H groups in total. The Bertz CT molecular complexity index is 965. The van der Waals surface area contributed by atoms with Gasteiger partial charge in [-0.25, -0.2) is 13.1 Å². The van der Waals surface area contributed by atoms with Crippen molar-refractivity contribution >= 4 is 15.9 Å². The third kappa shape index (κ3) is 3.74. The monoisotopic (exact) mass is 389 g/mol. The SMILES string of the molecule is Cc1ccccc1S(=O)(=O)N1CCn2nnc(CCC(=O)NC3CC3)c2C1. The minimum absolute atomic E-state index is 0.0134. The molecule has 1 aliphatic carbocycles. The molecule has 2 heterocycles. The number of hydrogen-bond acceptors (Lipinski definition) is 5. The summed E-state index contributed by atoms with van der Waals surface area (Å²) in [6.45, 7) is 2.84. The van der Waals surface area contributed by atoms with Crippen molar-refractivity contribution in [3.8, 4) is 0 Å². The Morgan fingerprint density at radius 2 is 2.04 bits per heavy atom. The molecule has 1 aliphatic heterocycles. The predicted octanol–water partition coefficient (Wildman–Crippen LogP) is 1.00. The molecule has 1 aromatic carbocycles. The predicted molar refractivity (Wildman–Crippen MR) is 98.3 cm³/mol. The molecule has 2 aromatic rings. The van der Waals surface area contributed by atoms with Crippen molar-refractivity contribution in [2.75, 3.05) is 6.54 Å². The largest absolute Gasteiger partial charge is 0.353 e. The highest BCUT2D eigenvalue weighted by molar-refractivity contribution is 7.89. The third-order valence-electron chi connectivity index (χ3n) is 5.05. The Labute approximate surface area is 158 Å². The quantitative estimate of drug-likeness (QED) is 0.795. The highest BCUT2D eigenvalue weighted by atomic mass is 32.2. The van der Waals surface area contributed by atoms with Crippen molar-refractivity contribution < 1.29 is 13.2 Å². The number of carbonyl (C=O) groups excluding carboxylic acids is 1. The van der Waals surface area contributed by atoms with Crippen LogP contribution in [0, 0.1) is 6.92 Å². The van der Waals surface area contributed by atoms with Crippen molar-refractivity contribution in [1.82, 2.24) is 24.6 Å². The summed E-state index contributed by atoms with van der Waals surface area (Å²) in [5.41, 5.74) is 2.20. The van der Waals surface area contributed by atoms with Gasteiger partial charge in [0.05, 0.1) is 29.4 Å². The lowest BCUT2D eigenvalue weighted by Gasteiger charge is -2.27. The van der Waals surface area contributed by atoms with Crippen molar-refractivity contribution in [3.05, 3.63) is 41.2 Å². The molecule has 1 amide bonds. The first kappa shape index (κ1) is 18.1. The Morgan fingerprint density at radius 1 is 1.26 bits per heavy atom. The van der Waals surface area contributed by atoms with Crippen LogP contribution < -0.4 is 5.32 Å². The first-order chi connectivity index (χ1) is 12.9. The molecular formula is C18H23N5O3S. The van der Waals surface area contributed by atoms with Gasteiger partial charge in [0, 0.05) is 25.4 Å². The smallest absolute Gasteiger partial charge is 0.243 e. The molecular weight excluding hydrogens is 366 g/mol. The standard InChI is InChI=1S/C18H23N5O3S/c1-13-4-2-3-5-17(13)27(25,26)22-10-11-23-16(12-22)15(20-21-23)8-9-18(24)19-14-6-7-14/h2-5,14H,6-12H2,1H3,(H,19,24). The molecule has 27 heavy (non-hydrogen) atoms. The van der Waals surface area contributed by atoms with E-state index in [9.17, 15) is 13.2 Å². The number of fused-ring (bicyclic) bond motifs is 1. The van der Waals surface area contributed by atoms with Gasteiger partial charge < -0.3 is 5.32 Å². The Hall–Kier alpha value is -2.26. The maximum Gasteiger partial charge on any atom is 0.243 e. The van der Waals surface area contributed by atoms with Crippen LogP contribution in [-0.2, 0) is 34.3 Å². The first-order valence-electron chi connectivity index (χ1n) is 9.21. The number of aryl methyl sites for hydroxylation is 2. The topological polar surface area (TPSA) is 97.2 Å². The number of nitrogens with one attached hydrogen (secondary N) is 1. The van der Waals surface area contributed by atoms with Gasteiger partial charge in [-0.05, 0) is 31.4 Å². The van der Waals surface area contributed by atoms with Gasteiger partial charge in [-0.2, -0.15) is 4.31 Å². The van der Waals surface area contributed by atoms with Crippen LogP contribution in [0.3, 0.4) is 0 Å². The Morgan fingerprint density at radius 3 is 2.78 bits per heavy atom. The fraction of sp³-hybridized carbons (Fsp3) is 0.500. The van der Waals surface area contributed by atoms with Gasteiger partial charge in [-0.1, -0.05) is 23.4 Å². The Kier molecular flexibility index (Phi) is 4.73. The van der Waals surface area contributed by atoms with Crippen LogP contribution in [0.15, 0.2) is 29.2 Å². The minimum Gasteiger partial charge on any atom is -0.353 e. The van der Waals surface area contributed by atoms with E-state index in [1.165, 1.54) is 4.31 Å². The second-order valence-corrected chi connectivity index (χ2v) is 9.06. The summed E-state index contributed by atoms with van der Waals surface area (Å²) in [4.78, 5) is 12.3. The molecule has 0 saturated heterocycles. The summed E-state index contributed by atoms with van der Waals surface area (Å²) in [5.74, 6) is 0.0134. The average Bonchev–Trinajstić information content (AvgIpc) is 3.37. The van der Waals surface area contributed by atoms with Crippen LogP contribution in [0.4, 0.5) is 0 Å². The van der Waals surface area contributed by atoms with Crippen LogP contribution in [0.25, 0.3) is 0 Å². The molecule has 8 nitrogen and oxygen atoms in total. The summed E-state index contributed by atoms with van der Waals surface area (Å²) in [7, 11) is -3.58. The van der Waals surface area contributed by atoms with Crippen molar-refractivity contribution in [3.63, 3.8) is 0 Å². The highest BCUT2D eigenvalue weighted by Crippen LogP contribution is 2.25. The van der Waals surface area contributed by atoms with Gasteiger partial charge in [0.25, 0.3) is 0 Å². The van der Waals surface area contributed by atoms with E-state index < -0.39 is 10.0 Å². The van der Waals surface area contributed by atoms with E-state index in [0.29, 0.717) is 42.6 Å². The van der Waals surface area contributed by atoms with Crippen LogP contribution in [-0.4, -0.2) is 46.2 Å². The van der Waals surface area contributed by atoms with Gasteiger partial charge in [-0.15, -0.1) is 5.10 Å². The first-order valence-corrected chi connectivity index (χ1v) is 10.7. The average molecular weight is 389 g/mol. The minimum atomic E-state index is -3.58. The summed E-state index contributed by atoms with van der Waals surface area (Å²) in [6, 6.07) is 7.33. The zero-order chi connectivity index (χ0) is 19.0. The van der Waals surface area contributed by atoms with Gasteiger partial charge in [0.15, 0.2) is 0 Å². The maximum atomic E-state index is 13.1. The van der Waals surface area contributed by atoms with Crippen LogP contribution in [0.1, 0.15) is 36.2 Å². The van der Waals surface area contributed by atoms with Gasteiger partial charge >= 0.3 is 0 Å². The van der Waals surface area contributed by atoms with Crippen LogP contribution in [0.2, 0.25) is 0 Å². The van der Waals surface area contributed by atoms with Crippen molar-refractivity contribution in [2.45, 2.75) is 56.6 Å². The molecule has 1 saturated carbocycles. The lowest BCUT2D eigenvalue weighted by molar-refractivity contribution is -0.121. The van der Waals surface area contributed by atoms with Crippen molar-refractivity contribution in [2.24, 2.45) is 0 Å². The third-order valence-corrected chi connectivity index (χ3v) is 7.05. The lowest BCUT2D eigenvalue weighted by Crippen LogP contribution is -2.39. The molecule has 144 valence electrons. The van der Waals surface area contributed by atoms with E-state index in [4.69, 9.17) is 0 Å². The molecule has 2 aliphatic rings. The van der Waals surface area contributed by atoms with E-state index in [1.54, 1.807) is 29.8 Å². The number of sulfonamides is 1. The number of benzene rings is 1. The number of carbonyl (C=O) groups is 1. The molecule has 4 rings (SSSR count). The summed E-state index contributed by atoms with van der Waals surface area (Å²) in [5, 5.41) is 11.3. The van der Waals surface area contributed by atoms with E-state index in [2.05, 4.69) is 15.6 Å². The van der Waals surface area contributed by atoms with Crippen LogP contribution >= 0.6 is 0 Å². The summed E-state index contributed by atoms with van der Waals surface area (Å²) < 4.78 is 29.3. The fourth-order valence-corrected chi connectivity index (χ4v) is 4.94. The van der Waals surface area contributed by atoms with E-state index in [0.717, 1.165) is 24.1 Å². The molecule has 9 heteroatoms. The van der Waals surface area contributed by atoms with E-state index >= 15 is 0 Å². The summed E-state index contributed by atoms with van der Waals surface area (Å²) in [6.07, 6.45) is 2.91. The van der Waals surface area contributed by atoms with Gasteiger partial charge in [-0.3, -0.25) is 4.79 Å². The second kappa shape index (κ2) is 7.05.